The molecule has 3 aromatic rings. The molecule has 0 bridgehead atoms. The third kappa shape index (κ3) is 3.44. The Labute approximate surface area is 143 Å². The second-order valence-corrected chi connectivity index (χ2v) is 5.59. The number of ether oxygens (including phenoxy) is 1. The molecule has 5 heteroatoms. The molecule has 0 fully saturated rings. The molecule has 1 aromatic heterocycles. The highest BCUT2D eigenvalue weighted by Crippen LogP contribution is 2.28. The van der Waals surface area contributed by atoms with Gasteiger partial charge in [-0.1, -0.05) is 23.7 Å². The monoisotopic (exact) mass is 342 g/mol. The van der Waals surface area contributed by atoms with Gasteiger partial charge in [-0.3, -0.25) is 4.79 Å². The topological polar surface area (TPSA) is 59.7 Å². The summed E-state index contributed by atoms with van der Waals surface area (Å²) in [5.74, 6) is 0.431. The summed E-state index contributed by atoms with van der Waals surface area (Å²) in [4.78, 5) is 12.3. The fraction of sp³-hybridized carbons (Fsp3) is 0.105. The number of furan rings is 1. The molecule has 0 aliphatic heterocycles. The van der Waals surface area contributed by atoms with E-state index in [2.05, 4.69) is 0 Å². The van der Waals surface area contributed by atoms with Crippen molar-refractivity contribution in [1.82, 2.24) is 0 Å². The summed E-state index contributed by atoms with van der Waals surface area (Å²) < 4.78 is 10.9. The molecular formula is C19H15ClO4. The van der Waals surface area contributed by atoms with Gasteiger partial charge in [-0.25, -0.2) is 0 Å². The van der Waals surface area contributed by atoms with Crippen LogP contribution in [-0.2, 0) is 0 Å². The molecule has 0 spiro atoms. The molecule has 0 atom stereocenters. The maximum absolute atomic E-state index is 12.3. The molecule has 0 unspecified atom stereocenters. The standard InChI is InChI=1S/C19H15ClO4/c1-2-23-18-9-12(3-6-15(18)21)4-7-16(22)19-11-13-10-14(20)5-8-17(13)24-19/h3-11,21H,2H2,1H3. The van der Waals surface area contributed by atoms with Crippen molar-refractivity contribution in [2.24, 2.45) is 0 Å². The highest BCUT2D eigenvalue weighted by Gasteiger charge is 2.10. The molecule has 2 aromatic carbocycles. The Kier molecular flexibility index (Phi) is 4.58. The molecule has 0 radical (unpaired) electrons. The number of hydrogen-bond acceptors (Lipinski definition) is 4. The summed E-state index contributed by atoms with van der Waals surface area (Å²) in [5.41, 5.74) is 1.35. The Morgan fingerprint density at radius 3 is 2.88 bits per heavy atom. The van der Waals surface area contributed by atoms with Crippen molar-refractivity contribution in [3.05, 3.63) is 64.9 Å². The largest absolute Gasteiger partial charge is 0.504 e. The molecule has 0 saturated heterocycles. The summed E-state index contributed by atoms with van der Waals surface area (Å²) in [7, 11) is 0. The Balaban J connectivity index is 1.82. The van der Waals surface area contributed by atoms with Gasteiger partial charge in [0.15, 0.2) is 17.3 Å². The Morgan fingerprint density at radius 2 is 2.08 bits per heavy atom. The minimum absolute atomic E-state index is 0.0643. The van der Waals surface area contributed by atoms with E-state index in [1.165, 1.54) is 12.1 Å². The number of phenolic OH excluding ortho intramolecular Hbond substituents is 1. The van der Waals surface area contributed by atoms with E-state index >= 15 is 0 Å². The number of fused-ring (bicyclic) bond motifs is 1. The molecule has 1 heterocycles. The van der Waals surface area contributed by atoms with Gasteiger partial charge in [0.1, 0.15) is 5.58 Å². The van der Waals surface area contributed by atoms with Gasteiger partial charge in [0.2, 0.25) is 5.78 Å². The van der Waals surface area contributed by atoms with E-state index in [0.717, 1.165) is 10.9 Å². The molecule has 1 N–H and O–H groups in total. The van der Waals surface area contributed by atoms with Crippen LogP contribution in [0.2, 0.25) is 5.02 Å². The zero-order chi connectivity index (χ0) is 17.1. The van der Waals surface area contributed by atoms with Gasteiger partial charge in [0.25, 0.3) is 0 Å². The zero-order valence-electron chi connectivity index (χ0n) is 13.0. The number of ketones is 1. The van der Waals surface area contributed by atoms with Crippen molar-refractivity contribution >= 4 is 34.4 Å². The van der Waals surface area contributed by atoms with Crippen LogP contribution in [0.4, 0.5) is 0 Å². The number of rotatable bonds is 5. The summed E-state index contributed by atoms with van der Waals surface area (Å²) >= 11 is 5.93. The Bertz CT molecular complexity index is 924. The number of phenols is 1. The van der Waals surface area contributed by atoms with Gasteiger partial charge in [-0.15, -0.1) is 0 Å². The highest BCUT2D eigenvalue weighted by molar-refractivity contribution is 6.31. The molecule has 0 aliphatic rings. The molecule has 4 nitrogen and oxygen atoms in total. The van der Waals surface area contributed by atoms with Crippen LogP contribution in [0, 0.1) is 0 Å². The van der Waals surface area contributed by atoms with E-state index in [1.807, 2.05) is 6.92 Å². The Hall–Kier alpha value is -2.72. The smallest absolute Gasteiger partial charge is 0.221 e. The van der Waals surface area contributed by atoms with Crippen molar-refractivity contribution in [3.8, 4) is 11.5 Å². The van der Waals surface area contributed by atoms with Gasteiger partial charge >= 0.3 is 0 Å². The highest BCUT2D eigenvalue weighted by atomic mass is 35.5. The maximum atomic E-state index is 12.3. The number of benzene rings is 2. The first-order chi connectivity index (χ1) is 11.6. The first-order valence-electron chi connectivity index (χ1n) is 7.44. The van der Waals surface area contributed by atoms with Gasteiger partial charge in [0.05, 0.1) is 6.61 Å². The first kappa shape index (κ1) is 16.1. The van der Waals surface area contributed by atoms with Crippen LogP contribution in [0.3, 0.4) is 0 Å². The van der Waals surface area contributed by atoms with Crippen LogP contribution in [0.15, 0.2) is 53.0 Å². The third-order valence-corrected chi connectivity index (χ3v) is 3.67. The van der Waals surface area contributed by atoms with Crippen molar-refractivity contribution in [2.45, 2.75) is 6.92 Å². The first-order valence-corrected chi connectivity index (χ1v) is 7.82. The van der Waals surface area contributed by atoms with E-state index < -0.39 is 0 Å². The molecule has 122 valence electrons. The molecule has 3 rings (SSSR count). The van der Waals surface area contributed by atoms with Crippen LogP contribution >= 0.6 is 11.6 Å². The lowest BCUT2D eigenvalue weighted by atomic mass is 10.1. The predicted octanol–water partition coefficient (Wildman–Crippen LogP) is 5.09. The van der Waals surface area contributed by atoms with Crippen LogP contribution in [-0.4, -0.2) is 17.5 Å². The maximum Gasteiger partial charge on any atom is 0.221 e. The van der Waals surface area contributed by atoms with E-state index in [-0.39, 0.29) is 17.3 Å². The van der Waals surface area contributed by atoms with E-state index in [1.54, 1.807) is 42.5 Å². The number of halogens is 1. The predicted molar refractivity (Wildman–Crippen MR) is 93.9 cm³/mol. The summed E-state index contributed by atoms with van der Waals surface area (Å²) in [5, 5.41) is 11.1. The minimum Gasteiger partial charge on any atom is -0.504 e. The second-order valence-electron chi connectivity index (χ2n) is 5.15. The SMILES string of the molecule is CCOc1cc(C=CC(=O)c2cc3cc(Cl)ccc3o2)ccc1O. The average Bonchev–Trinajstić information content (AvgIpc) is 2.98. The van der Waals surface area contributed by atoms with E-state index in [0.29, 0.717) is 23.0 Å². The van der Waals surface area contributed by atoms with Gasteiger partial charge in [-0.2, -0.15) is 0 Å². The minimum atomic E-state index is -0.256. The summed E-state index contributed by atoms with van der Waals surface area (Å²) in [6, 6.07) is 11.7. The molecule has 0 saturated carbocycles. The third-order valence-electron chi connectivity index (χ3n) is 3.43. The van der Waals surface area contributed by atoms with Crippen molar-refractivity contribution in [1.29, 1.82) is 0 Å². The molecule has 0 amide bonds. The van der Waals surface area contributed by atoms with Crippen LogP contribution in [0.1, 0.15) is 23.0 Å². The van der Waals surface area contributed by atoms with Gasteiger partial charge in [-0.05, 0) is 55.0 Å². The fourth-order valence-electron chi connectivity index (χ4n) is 2.30. The molecule has 0 aliphatic carbocycles. The van der Waals surface area contributed by atoms with Crippen molar-refractivity contribution in [3.63, 3.8) is 0 Å². The zero-order valence-corrected chi connectivity index (χ0v) is 13.7. The van der Waals surface area contributed by atoms with Crippen LogP contribution in [0.5, 0.6) is 11.5 Å². The van der Waals surface area contributed by atoms with Crippen LogP contribution in [0.25, 0.3) is 17.0 Å². The molecule has 24 heavy (non-hydrogen) atoms. The number of allylic oxidation sites excluding steroid dienone is 1. The lowest BCUT2D eigenvalue weighted by Crippen LogP contribution is -1.93. The molecular weight excluding hydrogens is 328 g/mol. The quantitative estimate of drug-likeness (QED) is 0.518. The number of aromatic hydroxyl groups is 1. The normalized spacial score (nSPS) is 11.2. The van der Waals surface area contributed by atoms with Gasteiger partial charge < -0.3 is 14.3 Å². The number of carbonyl (C=O) groups excluding carboxylic acids is 1. The van der Waals surface area contributed by atoms with Crippen LogP contribution < -0.4 is 4.74 Å². The van der Waals surface area contributed by atoms with E-state index in [4.69, 9.17) is 20.8 Å². The number of hydrogen-bond donors (Lipinski definition) is 1. The fourth-order valence-corrected chi connectivity index (χ4v) is 2.48. The van der Waals surface area contributed by atoms with Gasteiger partial charge in [0, 0.05) is 10.4 Å². The number of carbonyl (C=O) groups is 1. The van der Waals surface area contributed by atoms with Crippen molar-refractivity contribution in [2.75, 3.05) is 6.61 Å². The second kappa shape index (κ2) is 6.81. The summed E-state index contributed by atoms with van der Waals surface area (Å²) in [6.45, 7) is 2.28. The van der Waals surface area contributed by atoms with E-state index in [9.17, 15) is 9.90 Å². The Morgan fingerprint density at radius 1 is 1.25 bits per heavy atom. The average molecular weight is 343 g/mol. The summed E-state index contributed by atoms with van der Waals surface area (Å²) in [6.07, 6.45) is 3.06. The van der Waals surface area contributed by atoms with Crippen molar-refractivity contribution < 1.29 is 19.1 Å². The lowest BCUT2D eigenvalue weighted by Gasteiger charge is -2.06. The lowest BCUT2D eigenvalue weighted by molar-refractivity contribution is 0.102.